The summed E-state index contributed by atoms with van der Waals surface area (Å²) in [4.78, 5) is 30.5. The van der Waals surface area contributed by atoms with Crippen LogP contribution in [0.2, 0.25) is 0 Å². The van der Waals surface area contributed by atoms with Gasteiger partial charge in [0, 0.05) is 43.5 Å². The van der Waals surface area contributed by atoms with E-state index in [0.29, 0.717) is 36.1 Å². The third kappa shape index (κ3) is 3.33. The van der Waals surface area contributed by atoms with Crippen LogP contribution in [0.25, 0.3) is 10.9 Å². The lowest BCUT2D eigenvalue weighted by atomic mass is 9.46. The number of fused-ring (bicyclic) bond motifs is 6. The molecule has 2 aromatic rings. The summed E-state index contributed by atoms with van der Waals surface area (Å²) in [5, 5.41) is 4.64. The number of aromatic amines is 1. The Labute approximate surface area is 209 Å². The lowest BCUT2D eigenvalue weighted by Crippen LogP contribution is -2.61. The smallest absolute Gasteiger partial charge is 0.222 e. The molecular formula is C30H41N3O2. The van der Waals surface area contributed by atoms with Crippen molar-refractivity contribution >= 4 is 22.7 Å². The number of aromatic nitrogens is 1. The Morgan fingerprint density at radius 2 is 1.83 bits per heavy atom. The van der Waals surface area contributed by atoms with Crippen molar-refractivity contribution < 1.29 is 9.59 Å². The van der Waals surface area contributed by atoms with Crippen molar-refractivity contribution in [2.75, 3.05) is 7.05 Å². The molecule has 2 N–H and O–H groups in total. The van der Waals surface area contributed by atoms with Gasteiger partial charge in [-0.1, -0.05) is 32.0 Å². The number of nitrogens with zero attached hydrogens (tertiary/aromatic N) is 1. The highest BCUT2D eigenvalue weighted by Crippen LogP contribution is 2.67. The van der Waals surface area contributed by atoms with E-state index < -0.39 is 0 Å². The first-order chi connectivity index (χ1) is 16.7. The molecule has 188 valence electrons. The minimum absolute atomic E-state index is 0.0422. The molecule has 5 nitrogen and oxygen atoms in total. The summed E-state index contributed by atoms with van der Waals surface area (Å²) in [7, 11) is 2.04. The predicted molar refractivity (Wildman–Crippen MR) is 139 cm³/mol. The van der Waals surface area contributed by atoms with Gasteiger partial charge in [0.15, 0.2) is 0 Å². The molecule has 1 saturated heterocycles. The molecule has 1 unspecified atom stereocenters. The van der Waals surface area contributed by atoms with Gasteiger partial charge in [0.2, 0.25) is 11.8 Å². The van der Waals surface area contributed by atoms with Gasteiger partial charge in [-0.15, -0.1) is 0 Å². The van der Waals surface area contributed by atoms with E-state index in [-0.39, 0.29) is 22.8 Å². The minimum Gasteiger partial charge on any atom is -0.361 e. The maximum atomic E-state index is 12.5. The highest BCUT2D eigenvalue weighted by Gasteiger charge is 2.62. The maximum Gasteiger partial charge on any atom is 0.222 e. The van der Waals surface area contributed by atoms with Crippen molar-refractivity contribution in [3.05, 3.63) is 36.0 Å². The standard InChI is InChI=1S/C30H41N3O2/c1-18(34)32-28(21-17-31-25-8-6-5-7-19(21)25)24-11-10-22-20-9-12-26-30(3,16-14-27(35)33(26)4)23(20)13-15-29(22,24)2/h5-8,17,20,22-24,26,28,31H,9-16H2,1-4H3,(H,32,34)/t20-,22-,23-,24+,26+,28?,29-,30+/m0/s1. The van der Waals surface area contributed by atoms with Crippen molar-refractivity contribution in [2.24, 2.45) is 34.5 Å². The van der Waals surface area contributed by atoms with Gasteiger partial charge in [0.1, 0.15) is 0 Å². The van der Waals surface area contributed by atoms with Gasteiger partial charge < -0.3 is 15.2 Å². The molecule has 8 atom stereocenters. The average molecular weight is 476 g/mol. The topological polar surface area (TPSA) is 65.2 Å². The Hall–Kier alpha value is -2.30. The van der Waals surface area contributed by atoms with Crippen molar-refractivity contribution in [2.45, 2.75) is 84.2 Å². The van der Waals surface area contributed by atoms with Crippen LogP contribution in [-0.2, 0) is 9.59 Å². The molecule has 0 bridgehead atoms. The van der Waals surface area contributed by atoms with Crippen LogP contribution < -0.4 is 5.32 Å². The Bertz CT molecular complexity index is 1160. The molecule has 0 spiro atoms. The number of carbonyl (C=O) groups excluding carboxylic acids is 2. The summed E-state index contributed by atoms with van der Waals surface area (Å²) >= 11 is 0. The van der Waals surface area contributed by atoms with Crippen LogP contribution in [0.15, 0.2) is 30.5 Å². The highest BCUT2D eigenvalue weighted by molar-refractivity contribution is 5.84. The molecular weight excluding hydrogens is 434 g/mol. The first kappa shape index (κ1) is 23.1. The molecule has 1 aromatic carbocycles. The summed E-state index contributed by atoms with van der Waals surface area (Å²) in [6.07, 6.45) is 11.2. The number of carbonyl (C=O) groups is 2. The van der Waals surface area contributed by atoms with Crippen molar-refractivity contribution in [1.82, 2.24) is 15.2 Å². The number of H-pyrrole nitrogens is 1. The molecule has 35 heavy (non-hydrogen) atoms. The molecule has 2 heterocycles. The third-order valence-electron chi connectivity index (χ3n) is 11.3. The van der Waals surface area contributed by atoms with Gasteiger partial charge in [-0.25, -0.2) is 0 Å². The zero-order valence-electron chi connectivity index (χ0n) is 21.8. The molecule has 5 heteroatoms. The summed E-state index contributed by atoms with van der Waals surface area (Å²) in [6, 6.07) is 8.92. The van der Waals surface area contributed by atoms with E-state index in [0.717, 1.165) is 24.3 Å². The summed E-state index contributed by atoms with van der Waals surface area (Å²) in [5.74, 6) is 2.99. The normalized spacial score (nSPS) is 39.6. The van der Waals surface area contributed by atoms with E-state index in [4.69, 9.17) is 0 Å². The lowest BCUT2D eigenvalue weighted by Gasteiger charge is -2.62. The molecule has 2 amide bonds. The van der Waals surface area contributed by atoms with Gasteiger partial charge in [-0.05, 0) is 91.1 Å². The first-order valence-corrected chi connectivity index (χ1v) is 13.8. The third-order valence-corrected chi connectivity index (χ3v) is 11.3. The Morgan fingerprint density at radius 3 is 2.63 bits per heavy atom. The molecule has 0 radical (unpaired) electrons. The molecule has 1 aliphatic heterocycles. The largest absolute Gasteiger partial charge is 0.361 e. The van der Waals surface area contributed by atoms with Crippen molar-refractivity contribution in [3.63, 3.8) is 0 Å². The summed E-state index contributed by atoms with van der Waals surface area (Å²) < 4.78 is 0. The second-order valence-electron chi connectivity index (χ2n) is 12.7. The molecule has 4 fully saturated rings. The van der Waals surface area contributed by atoms with Crippen LogP contribution in [0.1, 0.15) is 83.7 Å². The van der Waals surface area contributed by atoms with Crippen molar-refractivity contribution in [1.29, 1.82) is 0 Å². The van der Waals surface area contributed by atoms with E-state index >= 15 is 0 Å². The lowest BCUT2D eigenvalue weighted by molar-refractivity contribution is -0.158. The zero-order valence-corrected chi connectivity index (χ0v) is 21.8. The molecule has 6 rings (SSSR count). The van der Waals surface area contributed by atoms with Crippen LogP contribution in [0.4, 0.5) is 0 Å². The van der Waals surface area contributed by atoms with E-state index in [1.54, 1.807) is 6.92 Å². The van der Waals surface area contributed by atoms with Crippen LogP contribution in [0.3, 0.4) is 0 Å². The van der Waals surface area contributed by atoms with E-state index in [1.165, 1.54) is 43.1 Å². The Kier molecular flexibility index (Phi) is 5.36. The Balaban J connectivity index is 1.33. The van der Waals surface area contributed by atoms with E-state index in [2.05, 4.69) is 59.5 Å². The SMILES string of the molecule is CC(=O)NC(c1c[nH]c2ccccc12)[C@H]1CC[C@H]2[C@@H]3CC[C@H]4N(C)C(=O)CC[C@]4(C)[C@H]3CC[C@]12C. The molecule has 4 aliphatic rings. The average Bonchev–Trinajstić information content (AvgIpc) is 3.41. The number of amides is 2. The predicted octanol–water partition coefficient (Wildman–Crippen LogP) is 5.82. The second-order valence-corrected chi connectivity index (χ2v) is 12.7. The van der Waals surface area contributed by atoms with Crippen LogP contribution in [0.5, 0.6) is 0 Å². The van der Waals surface area contributed by atoms with Gasteiger partial charge in [0.25, 0.3) is 0 Å². The fourth-order valence-electron chi connectivity index (χ4n) is 9.70. The number of para-hydroxylation sites is 1. The van der Waals surface area contributed by atoms with Gasteiger partial charge in [-0.2, -0.15) is 0 Å². The maximum absolute atomic E-state index is 12.5. The zero-order chi connectivity index (χ0) is 24.5. The first-order valence-electron chi connectivity index (χ1n) is 13.8. The fraction of sp³-hybridized carbons (Fsp3) is 0.667. The Morgan fingerprint density at radius 1 is 1.06 bits per heavy atom. The number of nitrogens with one attached hydrogen (secondary N) is 2. The van der Waals surface area contributed by atoms with Gasteiger partial charge in [-0.3, -0.25) is 9.59 Å². The molecule has 1 aromatic heterocycles. The van der Waals surface area contributed by atoms with E-state index in [9.17, 15) is 9.59 Å². The highest BCUT2D eigenvalue weighted by atomic mass is 16.2. The van der Waals surface area contributed by atoms with E-state index in [1.807, 2.05) is 7.05 Å². The fourth-order valence-corrected chi connectivity index (χ4v) is 9.70. The van der Waals surface area contributed by atoms with Crippen LogP contribution in [0, 0.1) is 34.5 Å². The minimum atomic E-state index is 0.0422. The van der Waals surface area contributed by atoms with Crippen molar-refractivity contribution in [3.8, 4) is 0 Å². The quantitative estimate of drug-likeness (QED) is 0.587. The molecule has 3 aliphatic carbocycles. The van der Waals surface area contributed by atoms with Crippen LogP contribution >= 0.6 is 0 Å². The van der Waals surface area contributed by atoms with Gasteiger partial charge >= 0.3 is 0 Å². The summed E-state index contributed by atoms with van der Waals surface area (Å²) in [6.45, 7) is 6.70. The number of benzene rings is 1. The van der Waals surface area contributed by atoms with Gasteiger partial charge in [0.05, 0.1) is 6.04 Å². The number of likely N-dealkylation sites (tertiary alicyclic amines) is 1. The number of rotatable bonds is 3. The summed E-state index contributed by atoms with van der Waals surface area (Å²) in [5.41, 5.74) is 2.86. The number of piperidine rings is 1. The monoisotopic (exact) mass is 475 g/mol. The van der Waals surface area contributed by atoms with Crippen LogP contribution in [-0.4, -0.2) is 34.8 Å². The second kappa shape index (κ2) is 8.11. The number of hydrogen-bond donors (Lipinski definition) is 2. The number of hydrogen-bond acceptors (Lipinski definition) is 2. The molecule has 3 saturated carbocycles.